The van der Waals surface area contributed by atoms with Crippen LogP contribution < -0.4 is 24.8 Å². The monoisotopic (exact) mass is 884 g/mol. The number of sulfonamides is 1. The van der Waals surface area contributed by atoms with Crippen LogP contribution in [0.2, 0.25) is 0 Å². The molecular formula is C40H52F4N6O10S. The maximum atomic E-state index is 15.0. The smallest absolute Gasteiger partial charge is 0.438 e. The summed E-state index contributed by atoms with van der Waals surface area (Å²) in [6.45, 7) is 7.78. The fraction of sp³-hybridized carbons (Fsp3) is 0.650. The van der Waals surface area contributed by atoms with E-state index in [9.17, 15) is 45.2 Å². The lowest BCUT2D eigenvalue weighted by Crippen LogP contribution is -2.60. The van der Waals surface area contributed by atoms with Gasteiger partial charge in [0.15, 0.2) is 11.6 Å². The van der Waals surface area contributed by atoms with Gasteiger partial charge in [0.1, 0.15) is 29.3 Å². The molecule has 0 bridgehead atoms. The average Bonchev–Trinajstić information content (AvgIpc) is 4.03. The molecule has 1 aromatic carbocycles. The van der Waals surface area contributed by atoms with E-state index in [0.29, 0.717) is 32.1 Å². The molecule has 2 saturated carbocycles. The molecule has 16 nitrogen and oxygen atoms in total. The summed E-state index contributed by atoms with van der Waals surface area (Å²) >= 11 is 0. The van der Waals surface area contributed by atoms with Crippen LogP contribution in [0.5, 0.6) is 11.6 Å². The minimum absolute atomic E-state index is 0.0217. The van der Waals surface area contributed by atoms with Gasteiger partial charge in [-0.2, -0.15) is 13.2 Å². The van der Waals surface area contributed by atoms with Crippen LogP contribution in [0.4, 0.5) is 22.4 Å². The van der Waals surface area contributed by atoms with Crippen molar-refractivity contribution in [1.82, 2.24) is 30.2 Å². The fourth-order valence-electron chi connectivity index (χ4n) is 7.85. The van der Waals surface area contributed by atoms with Gasteiger partial charge >= 0.3 is 12.3 Å². The number of fused-ring (bicyclic) bond motifs is 3. The number of hydrogen-bond acceptors (Lipinski definition) is 12. The van der Waals surface area contributed by atoms with Crippen molar-refractivity contribution in [2.24, 2.45) is 17.8 Å². The second-order valence-corrected chi connectivity index (χ2v) is 19.9. The van der Waals surface area contributed by atoms with Gasteiger partial charge in [0.05, 0.1) is 36.0 Å². The van der Waals surface area contributed by atoms with E-state index in [1.54, 1.807) is 26.8 Å². The van der Waals surface area contributed by atoms with Crippen LogP contribution in [0.1, 0.15) is 85.3 Å². The first-order valence-corrected chi connectivity index (χ1v) is 21.5. The summed E-state index contributed by atoms with van der Waals surface area (Å²) in [7, 11) is -1.57. The molecule has 3 fully saturated rings. The molecule has 2 aromatic rings. The Morgan fingerprint density at radius 2 is 1.75 bits per heavy atom. The molecule has 0 radical (unpaired) electrons. The molecule has 1 saturated heterocycles. The highest BCUT2D eigenvalue weighted by Gasteiger charge is 2.63. The second-order valence-electron chi connectivity index (χ2n) is 17.7. The number of carbonyl (C=O) groups excluding carboxylic acids is 4. The topological polar surface area (TPSA) is 204 Å². The van der Waals surface area contributed by atoms with E-state index in [4.69, 9.17) is 18.9 Å². The number of nitrogens with one attached hydrogen (secondary N) is 3. The van der Waals surface area contributed by atoms with Crippen molar-refractivity contribution < 1.29 is 64.1 Å². The van der Waals surface area contributed by atoms with E-state index >= 15 is 0 Å². The molecule has 3 heterocycles. The van der Waals surface area contributed by atoms with E-state index in [-0.39, 0.29) is 30.2 Å². The number of nitrogens with zero attached hydrogens (tertiary/aromatic N) is 3. The Balaban J connectivity index is 1.41. The standard InChI is InChI=1S/C40H52F4N6O10S/c1-21-10-8-9-11-23-18-39(23,35(53)49-61(55,56)38(5)12-13-38)48-32(51)28-15-24(19-50(28)34(52)30(22(14-21)20-57-6)47-36(54)60-37(2,3)4)59-33-31(40(42,43)44)45-26-16-25(41)29(58-7)17-27(26)46-33/h9,11,16-17,21-24,28,30H,8,10,12-15,18-20H2,1-7H3,(H,47,54)(H,48,51)(H,49,53)/b11-9-/t21-,22-,23-,24+,28-,30-,39-/m0/s1. The third-order valence-corrected chi connectivity index (χ3v) is 13.7. The molecule has 2 aliphatic carbocycles. The number of allylic oxidation sites excluding steroid dienone is 1. The Morgan fingerprint density at radius 3 is 2.38 bits per heavy atom. The van der Waals surface area contributed by atoms with Crippen LogP contribution in [0.3, 0.4) is 0 Å². The molecule has 4 aliphatic rings. The quantitative estimate of drug-likeness (QED) is 0.235. The number of alkyl carbamates (subject to hydrolysis) is 1. The highest BCUT2D eigenvalue weighted by molar-refractivity contribution is 7.91. The van der Waals surface area contributed by atoms with Gasteiger partial charge < -0.3 is 34.5 Å². The molecule has 7 atom stereocenters. The Morgan fingerprint density at radius 1 is 1.07 bits per heavy atom. The average molecular weight is 885 g/mol. The van der Waals surface area contributed by atoms with Crippen molar-refractivity contribution in [2.45, 2.75) is 120 Å². The highest BCUT2D eigenvalue weighted by atomic mass is 32.2. The zero-order valence-electron chi connectivity index (χ0n) is 35.0. The molecule has 336 valence electrons. The predicted octanol–water partition coefficient (Wildman–Crippen LogP) is 4.55. The van der Waals surface area contributed by atoms with Crippen molar-refractivity contribution in [3.8, 4) is 11.6 Å². The van der Waals surface area contributed by atoms with Crippen LogP contribution in [0, 0.1) is 23.6 Å². The first-order valence-electron chi connectivity index (χ1n) is 20.0. The first kappa shape index (κ1) is 45.7. The number of amides is 4. The maximum absolute atomic E-state index is 15.0. The van der Waals surface area contributed by atoms with Crippen LogP contribution in [-0.2, 0) is 40.1 Å². The van der Waals surface area contributed by atoms with Crippen molar-refractivity contribution in [3.63, 3.8) is 0 Å². The first-order chi connectivity index (χ1) is 28.4. The van der Waals surface area contributed by atoms with E-state index in [0.717, 1.165) is 24.1 Å². The minimum Gasteiger partial charge on any atom is -0.494 e. The van der Waals surface area contributed by atoms with Gasteiger partial charge in [-0.25, -0.2) is 27.6 Å². The molecule has 21 heteroatoms. The lowest BCUT2D eigenvalue weighted by Gasteiger charge is -2.34. The van der Waals surface area contributed by atoms with Gasteiger partial charge in [-0.05, 0) is 72.1 Å². The summed E-state index contributed by atoms with van der Waals surface area (Å²) in [5.41, 5.74) is -4.99. The Bertz CT molecular complexity index is 2200. The molecular weight excluding hydrogens is 833 g/mol. The third-order valence-electron chi connectivity index (χ3n) is 11.6. The van der Waals surface area contributed by atoms with E-state index in [2.05, 4.69) is 25.3 Å². The van der Waals surface area contributed by atoms with Crippen molar-refractivity contribution in [2.75, 3.05) is 27.4 Å². The molecule has 61 heavy (non-hydrogen) atoms. The number of carbonyl (C=O) groups is 4. The van der Waals surface area contributed by atoms with Gasteiger partial charge in [-0.15, -0.1) is 0 Å². The van der Waals surface area contributed by atoms with Crippen LogP contribution in [0.15, 0.2) is 24.3 Å². The lowest BCUT2D eigenvalue weighted by atomic mass is 9.87. The van der Waals surface area contributed by atoms with Gasteiger partial charge in [0.25, 0.3) is 5.91 Å². The summed E-state index contributed by atoms with van der Waals surface area (Å²) in [5, 5.41) is 5.36. The van der Waals surface area contributed by atoms with Gasteiger partial charge in [-0.3, -0.25) is 19.1 Å². The number of alkyl halides is 3. The number of rotatable bonds is 9. The number of halogens is 4. The van der Waals surface area contributed by atoms with E-state index < -0.39 is 122 Å². The number of ether oxygens (including phenoxy) is 4. The summed E-state index contributed by atoms with van der Waals surface area (Å²) in [6, 6.07) is -1.15. The van der Waals surface area contributed by atoms with E-state index in [1.807, 2.05) is 13.0 Å². The molecule has 0 unspecified atom stereocenters. The van der Waals surface area contributed by atoms with Crippen LogP contribution in [-0.4, -0.2) is 109 Å². The third kappa shape index (κ3) is 9.97. The van der Waals surface area contributed by atoms with Crippen molar-refractivity contribution in [1.29, 1.82) is 0 Å². The molecule has 3 N–H and O–H groups in total. The van der Waals surface area contributed by atoms with Crippen molar-refractivity contribution >= 4 is 44.9 Å². The predicted molar refractivity (Wildman–Crippen MR) is 210 cm³/mol. The molecule has 2 aliphatic heterocycles. The molecule has 1 aromatic heterocycles. The number of hydrogen-bond donors (Lipinski definition) is 3. The summed E-state index contributed by atoms with van der Waals surface area (Å²) in [5.74, 6) is -6.44. The normalized spacial score (nSPS) is 28.6. The fourth-order valence-corrected chi connectivity index (χ4v) is 9.16. The molecule has 4 amide bonds. The largest absolute Gasteiger partial charge is 0.494 e. The molecule has 6 rings (SSSR count). The summed E-state index contributed by atoms with van der Waals surface area (Å²) < 4.78 is 107. The maximum Gasteiger partial charge on any atom is 0.438 e. The zero-order valence-corrected chi connectivity index (χ0v) is 35.8. The van der Waals surface area contributed by atoms with Gasteiger partial charge in [-0.1, -0.05) is 19.1 Å². The van der Waals surface area contributed by atoms with Crippen molar-refractivity contribution in [3.05, 3.63) is 35.8 Å². The minimum atomic E-state index is -5.15. The number of benzene rings is 1. The summed E-state index contributed by atoms with van der Waals surface area (Å²) in [4.78, 5) is 65.5. The highest BCUT2D eigenvalue weighted by Crippen LogP contribution is 2.48. The Kier molecular flexibility index (Phi) is 12.6. The zero-order chi connectivity index (χ0) is 44.9. The Hall–Kier alpha value is -4.79. The lowest BCUT2D eigenvalue weighted by molar-refractivity contribution is -0.143. The number of aromatic nitrogens is 2. The van der Waals surface area contributed by atoms with Gasteiger partial charge in [0, 0.05) is 37.5 Å². The van der Waals surface area contributed by atoms with Crippen LogP contribution >= 0.6 is 0 Å². The SMILES string of the molecule is COC[C@@H]1C[C@@H](C)CC/C=C\[C@H]2C[C@]2(C(=O)NS(=O)(=O)C2(C)CC2)NC(=O)[C@@H]2C[C@@H](Oc3nc4cc(OC)c(F)cc4nc3C(F)(F)F)CN2C(=O)[C@H]1NC(=O)OC(C)(C)C. The summed E-state index contributed by atoms with van der Waals surface area (Å²) in [6.07, 6.45) is -2.18. The van der Waals surface area contributed by atoms with E-state index in [1.165, 1.54) is 14.0 Å². The van der Waals surface area contributed by atoms with Gasteiger partial charge in [0.2, 0.25) is 33.4 Å². The molecule has 0 spiro atoms. The Labute approximate surface area is 350 Å². The van der Waals surface area contributed by atoms with Crippen LogP contribution in [0.25, 0.3) is 11.0 Å². The number of methoxy groups -OCH3 is 2. The second kappa shape index (κ2) is 16.8.